The lowest BCUT2D eigenvalue weighted by atomic mass is 10.1. The highest BCUT2D eigenvalue weighted by Gasteiger charge is 2.37. The molecule has 1 aliphatic heterocycles. The molecule has 28 heavy (non-hydrogen) atoms. The summed E-state index contributed by atoms with van der Waals surface area (Å²) in [6.07, 6.45) is 2.34. The predicted octanol–water partition coefficient (Wildman–Crippen LogP) is 2.62. The number of hydrogen-bond donors (Lipinski definition) is 2. The SMILES string of the molecule is N#Cc1ccc(COc2ccc(C3CC3NCCN3CC[C@@H](N)C3)cc2)cc1. The van der Waals surface area contributed by atoms with Crippen molar-refractivity contribution in [3.8, 4) is 11.8 Å². The van der Waals surface area contributed by atoms with Crippen LogP contribution in [-0.2, 0) is 6.61 Å². The minimum atomic E-state index is 0.367. The Kier molecular flexibility index (Phi) is 5.92. The first kappa shape index (κ1) is 18.9. The van der Waals surface area contributed by atoms with Crippen molar-refractivity contribution >= 4 is 0 Å². The molecule has 1 saturated heterocycles. The molecule has 2 aromatic rings. The van der Waals surface area contributed by atoms with Crippen LogP contribution in [0.5, 0.6) is 5.75 Å². The third-order valence-corrected chi connectivity index (χ3v) is 5.73. The zero-order valence-electron chi connectivity index (χ0n) is 16.2. The number of ether oxygens (including phenoxy) is 1. The summed E-state index contributed by atoms with van der Waals surface area (Å²) in [5.41, 5.74) is 9.08. The van der Waals surface area contributed by atoms with Crippen LogP contribution < -0.4 is 15.8 Å². The first-order valence-electron chi connectivity index (χ1n) is 10.1. The third-order valence-electron chi connectivity index (χ3n) is 5.73. The number of likely N-dealkylation sites (tertiary alicyclic amines) is 1. The molecule has 0 aromatic heterocycles. The van der Waals surface area contributed by atoms with Crippen LogP contribution in [0.2, 0.25) is 0 Å². The standard InChI is InChI=1S/C23H28N4O/c24-14-17-1-3-18(4-2-17)16-28-21-7-5-19(6-8-21)22-13-23(22)26-10-12-27-11-9-20(25)15-27/h1-8,20,22-23,26H,9-13,15-16,25H2/t20-,22?,23?/m1/s1. The van der Waals surface area contributed by atoms with Gasteiger partial charge < -0.3 is 20.7 Å². The van der Waals surface area contributed by atoms with Gasteiger partial charge in [0.1, 0.15) is 12.4 Å². The van der Waals surface area contributed by atoms with Crippen molar-refractivity contribution in [2.75, 3.05) is 26.2 Å². The van der Waals surface area contributed by atoms with E-state index in [9.17, 15) is 0 Å². The van der Waals surface area contributed by atoms with E-state index in [0.29, 0.717) is 30.2 Å². The molecule has 1 aliphatic carbocycles. The molecular weight excluding hydrogens is 348 g/mol. The molecule has 0 bridgehead atoms. The molecule has 2 fully saturated rings. The summed E-state index contributed by atoms with van der Waals surface area (Å²) in [5, 5.41) is 12.5. The molecule has 5 nitrogen and oxygen atoms in total. The van der Waals surface area contributed by atoms with Gasteiger partial charge in [-0.05, 0) is 54.8 Å². The molecule has 2 aliphatic rings. The molecule has 2 aromatic carbocycles. The highest BCUT2D eigenvalue weighted by molar-refractivity contribution is 5.35. The number of rotatable bonds is 8. The Balaban J connectivity index is 1.19. The second-order valence-electron chi connectivity index (χ2n) is 7.92. The van der Waals surface area contributed by atoms with E-state index in [1.54, 1.807) is 0 Å². The maximum absolute atomic E-state index is 8.85. The van der Waals surface area contributed by atoms with Crippen molar-refractivity contribution in [1.82, 2.24) is 10.2 Å². The van der Waals surface area contributed by atoms with Gasteiger partial charge in [-0.2, -0.15) is 5.26 Å². The maximum atomic E-state index is 8.85. The molecule has 0 spiro atoms. The Morgan fingerprint density at radius 1 is 1.14 bits per heavy atom. The fourth-order valence-corrected chi connectivity index (χ4v) is 3.92. The zero-order valence-corrected chi connectivity index (χ0v) is 16.2. The van der Waals surface area contributed by atoms with Crippen molar-refractivity contribution in [1.29, 1.82) is 5.26 Å². The first-order valence-corrected chi connectivity index (χ1v) is 10.1. The van der Waals surface area contributed by atoms with E-state index in [1.807, 2.05) is 24.3 Å². The third kappa shape index (κ3) is 4.90. The molecule has 5 heteroatoms. The molecular formula is C23H28N4O. The number of nitrogens with zero attached hydrogens (tertiary/aromatic N) is 2. The Labute approximate surface area is 167 Å². The summed E-state index contributed by atoms with van der Waals surface area (Å²) < 4.78 is 5.86. The molecule has 1 saturated carbocycles. The molecule has 3 atom stereocenters. The van der Waals surface area contributed by atoms with E-state index in [1.165, 1.54) is 12.0 Å². The Morgan fingerprint density at radius 2 is 1.93 bits per heavy atom. The van der Waals surface area contributed by atoms with Gasteiger partial charge in [-0.15, -0.1) is 0 Å². The average Bonchev–Trinajstić information content (AvgIpc) is 3.39. The largest absolute Gasteiger partial charge is 0.489 e. The van der Waals surface area contributed by atoms with E-state index < -0.39 is 0 Å². The van der Waals surface area contributed by atoms with Gasteiger partial charge in [0.25, 0.3) is 0 Å². The van der Waals surface area contributed by atoms with E-state index in [0.717, 1.165) is 43.9 Å². The molecule has 1 heterocycles. The molecule has 4 rings (SSSR count). The van der Waals surface area contributed by atoms with Gasteiger partial charge in [-0.3, -0.25) is 0 Å². The Morgan fingerprint density at radius 3 is 2.61 bits per heavy atom. The van der Waals surface area contributed by atoms with Crippen molar-refractivity contribution < 1.29 is 4.74 Å². The van der Waals surface area contributed by atoms with E-state index in [2.05, 4.69) is 40.6 Å². The van der Waals surface area contributed by atoms with E-state index in [4.69, 9.17) is 15.7 Å². The van der Waals surface area contributed by atoms with Crippen LogP contribution in [0.15, 0.2) is 48.5 Å². The Bertz CT molecular complexity index is 812. The summed E-state index contributed by atoms with van der Waals surface area (Å²) in [6, 6.07) is 19.1. The highest BCUT2D eigenvalue weighted by Crippen LogP contribution is 2.41. The maximum Gasteiger partial charge on any atom is 0.119 e. The fourth-order valence-electron chi connectivity index (χ4n) is 3.92. The van der Waals surface area contributed by atoms with Crippen LogP contribution >= 0.6 is 0 Å². The molecule has 0 amide bonds. The second-order valence-corrected chi connectivity index (χ2v) is 7.92. The van der Waals surface area contributed by atoms with Gasteiger partial charge in [0.05, 0.1) is 11.6 Å². The summed E-state index contributed by atoms with van der Waals surface area (Å²) in [5.74, 6) is 1.50. The van der Waals surface area contributed by atoms with Gasteiger partial charge in [-0.25, -0.2) is 0 Å². The van der Waals surface area contributed by atoms with Crippen molar-refractivity contribution in [3.05, 3.63) is 65.2 Å². The van der Waals surface area contributed by atoms with Gasteiger partial charge in [-0.1, -0.05) is 24.3 Å². The summed E-state index contributed by atoms with van der Waals surface area (Å²) >= 11 is 0. The van der Waals surface area contributed by atoms with Gasteiger partial charge >= 0.3 is 0 Å². The van der Waals surface area contributed by atoms with Gasteiger partial charge in [0, 0.05) is 37.6 Å². The van der Waals surface area contributed by atoms with Crippen LogP contribution in [0, 0.1) is 11.3 Å². The van der Waals surface area contributed by atoms with Crippen LogP contribution in [0.1, 0.15) is 35.4 Å². The highest BCUT2D eigenvalue weighted by atomic mass is 16.5. The lowest BCUT2D eigenvalue weighted by Crippen LogP contribution is -2.33. The van der Waals surface area contributed by atoms with Crippen molar-refractivity contribution in [3.63, 3.8) is 0 Å². The summed E-state index contributed by atoms with van der Waals surface area (Å²) in [6.45, 7) is 4.83. The van der Waals surface area contributed by atoms with Crippen LogP contribution in [0.3, 0.4) is 0 Å². The number of nitriles is 1. The smallest absolute Gasteiger partial charge is 0.119 e. The molecule has 0 radical (unpaired) electrons. The topological polar surface area (TPSA) is 74.3 Å². The van der Waals surface area contributed by atoms with Gasteiger partial charge in [0.15, 0.2) is 0 Å². The normalized spacial score (nSPS) is 24.1. The second kappa shape index (κ2) is 8.74. The number of hydrogen-bond acceptors (Lipinski definition) is 5. The lowest BCUT2D eigenvalue weighted by molar-refractivity contribution is 0.306. The molecule has 146 valence electrons. The van der Waals surface area contributed by atoms with E-state index >= 15 is 0 Å². The van der Waals surface area contributed by atoms with Crippen LogP contribution in [0.25, 0.3) is 0 Å². The number of nitrogens with one attached hydrogen (secondary N) is 1. The first-order chi connectivity index (χ1) is 13.7. The summed E-state index contributed by atoms with van der Waals surface area (Å²) in [7, 11) is 0. The van der Waals surface area contributed by atoms with Crippen molar-refractivity contribution in [2.45, 2.75) is 37.5 Å². The van der Waals surface area contributed by atoms with Gasteiger partial charge in [0.2, 0.25) is 0 Å². The summed E-state index contributed by atoms with van der Waals surface area (Å²) in [4.78, 5) is 2.45. The van der Waals surface area contributed by atoms with Crippen LogP contribution in [0.4, 0.5) is 0 Å². The minimum absolute atomic E-state index is 0.367. The quantitative estimate of drug-likeness (QED) is 0.741. The minimum Gasteiger partial charge on any atom is -0.489 e. The van der Waals surface area contributed by atoms with Crippen LogP contribution in [-0.4, -0.2) is 43.2 Å². The number of nitrogens with two attached hydrogens (primary N) is 1. The zero-order chi connectivity index (χ0) is 19.3. The van der Waals surface area contributed by atoms with Crippen molar-refractivity contribution in [2.24, 2.45) is 5.73 Å². The number of benzene rings is 2. The predicted molar refractivity (Wildman–Crippen MR) is 110 cm³/mol. The average molecular weight is 377 g/mol. The lowest BCUT2D eigenvalue weighted by Gasteiger charge is -2.15. The van der Waals surface area contributed by atoms with E-state index in [-0.39, 0.29) is 0 Å². The fraction of sp³-hybridized carbons (Fsp3) is 0.435. The molecule has 2 unspecified atom stereocenters. The molecule has 3 N–H and O–H groups in total. The Hall–Kier alpha value is -2.39. The monoisotopic (exact) mass is 376 g/mol.